The number of benzene rings is 2. The van der Waals surface area contributed by atoms with Gasteiger partial charge in [-0.15, -0.1) is 23.1 Å². The summed E-state index contributed by atoms with van der Waals surface area (Å²) in [7, 11) is 0. The fraction of sp³-hybridized carbons (Fsp3) is 0.136. The number of carbonyl (C=O) groups is 1. The van der Waals surface area contributed by atoms with Gasteiger partial charge in [-0.05, 0) is 41.5 Å². The van der Waals surface area contributed by atoms with Crippen molar-refractivity contribution < 1.29 is 4.79 Å². The molecule has 2 aromatic heterocycles. The largest absolute Gasteiger partial charge is 0.361 e. The molecule has 0 fully saturated rings. The van der Waals surface area contributed by atoms with E-state index in [1.165, 1.54) is 15.8 Å². The second-order valence-corrected chi connectivity index (χ2v) is 8.10. The summed E-state index contributed by atoms with van der Waals surface area (Å²) in [6, 6.07) is 20.2. The zero-order valence-corrected chi connectivity index (χ0v) is 16.6. The second-order valence-electron chi connectivity index (χ2n) is 6.27. The molecule has 0 aliphatic heterocycles. The average Bonchev–Trinajstić information content (AvgIpc) is 3.39. The van der Waals surface area contributed by atoms with Crippen LogP contribution in [-0.2, 0) is 0 Å². The number of aromatic amines is 1. The fourth-order valence-electron chi connectivity index (χ4n) is 3.36. The van der Waals surface area contributed by atoms with Gasteiger partial charge in [0.2, 0.25) is 0 Å². The maximum Gasteiger partial charge on any atom is 0.252 e. The maximum absolute atomic E-state index is 12.8. The fourth-order valence-corrected chi connectivity index (χ4v) is 4.80. The van der Waals surface area contributed by atoms with Crippen molar-refractivity contribution in [2.45, 2.75) is 10.8 Å². The lowest BCUT2D eigenvalue weighted by Gasteiger charge is -2.17. The van der Waals surface area contributed by atoms with E-state index in [-0.39, 0.29) is 11.8 Å². The molecule has 2 N–H and O–H groups in total. The number of carbonyl (C=O) groups excluding carboxylic acids is 1. The van der Waals surface area contributed by atoms with E-state index in [1.807, 2.05) is 36.6 Å². The Bertz CT molecular complexity index is 1050. The van der Waals surface area contributed by atoms with E-state index < -0.39 is 0 Å². The van der Waals surface area contributed by atoms with Gasteiger partial charge in [-0.3, -0.25) is 4.79 Å². The maximum atomic E-state index is 12.8. The van der Waals surface area contributed by atoms with Crippen molar-refractivity contribution in [2.24, 2.45) is 0 Å². The van der Waals surface area contributed by atoms with Crippen LogP contribution in [0.3, 0.4) is 0 Å². The van der Waals surface area contributed by atoms with E-state index in [2.05, 4.69) is 52.2 Å². The molecule has 0 spiro atoms. The van der Waals surface area contributed by atoms with Crippen molar-refractivity contribution in [1.29, 1.82) is 0 Å². The molecule has 0 aliphatic carbocycles. The summed E-state index contributed by atoms with van der Waals surface area (Å²) in [6.07, 6.45) is 4.06. The van der Waals surface area contributed by atoms with Crippen molar-refractivity contribution in [3.8, 4) is 0 Å². The Morgan fingerprint density at radius 3 is 2.74 bits per heavy atom. The lowest BCUT2D eigenvalue weighted by molar-refractivity contribution is 0.0949. The van der Waals surface area contributed by atoms with Crippen LogP contribution in [0, 0.1) is 0 Å². The Kier molecular flexibility index (Phi) is 5.32. The van der Waals surface area contributed by atoms with E-state index in [0.717, 1.165) is 16.0 Å². The summed E-state index contributed by atoms with van der Waals surface area (Å²) >= 11 is 3.32. The van der Waals surface area contributed by atoms with Gasteiger partial charge in [0, 0.05) is 39.3 Å². The molecule has 27 heavy (non-hydrogen) atoms. The highest BCUT2D eigenvalue weighted by Gasteiger charge is 2.20. The molecule has 3 nitrogen and oxygen atoms in total. The number of H-pyrrole nitrogens is 1. The van der Waals surface area contributed by atoms with E-state index in [4.69, 9.17) is 0 Å². The molecular weight excluding hydrogens is 372 g/mol. The number of thioether (sulfide) groups is 1. The molecule has 5 heteroatoms. The summed E-state index contributed by atoms with van der Waals surface area (Å²) in [4.78, 5) is 18.4. The van der Waals surface area contributed by atoms with Crippen LogP contribution in [0.2, 0.25) is 0 Å². The number of hydrogen-bond acceptors (Lipinski definition) is 3. The predicted molar refractivity (Wildman–Crippen MR) is 115 cm³/mol. The Morgan fingerprint density at radius 1 is 1.11 bits per heavy atom. The minimum absolute atomic E-state index is 0.0265. The molecule has 0 saturated heterocycles. The summed E-state index contributed by atoms with van der Waals surface area (Å²) < 4.78 is 0. The van der Waals surface area contributed by atoms with E-state index in [9.17, 15) is 4.79 Å². The normalized spacial score (nSPS) is 12.2. The number of aromatic nitrogens is 1. The number of amides is 1. The predicted octanol–water partition coefficient (Wildman–Crippen LogP) is 5.51. The Balaban J connectivity index is 1.62. The van der Waals surface area contributed by atoms with E-state index >= 15 is 0 Å². The van der Waals surface area contributed by atoms with Crippen LogP contribution in [-0.4, -0.2) is 23.7 Å². The van der Waals surface area contributed by atoms with Crippen LogP contribution in [0.5, 0.6) is 0 Å². The van der Waals surface area contributed by atoms with Crippen LogP contribution >= 0.6 is 23.1 Å². The van der Waals surface area contributed by atoms with Crippen molar-refractivity contribution in [2.75, 3.05) is 12.8 Å². The van der Waals surface area contributed by atoms with Crippen LogP contribution in [0.15, 0.2) is 77.1 Å². The van der Waals surface area contributed by atoms with Gasteiger partial charge in [-0.1, -0.05) is 36.4 Å². The molecule has 2 heterocycles. The molecule has 4 rings (SSSR count). The zero-order chi connectivity index (χ0) is 18.6. The first-order chi connectivity index (χ1) is 13.3. The van der Waals surface area contributed by atoms with Gasteiger partial charge in [-0.25, -0.2) is 0 Å². The van der Waals surface area contributed by atoms with Crippen molar-refractivity contribution in [3.63, 3.8) is 0 Å². The summed E-state index contributed by atoms with van der Waals surface area (Å²) in [6.45, 7) is 0.559. The average molecular weight is 393 g/mol. The molecule has 1 amide bonds. The minimum Gasteiger partial charge on any atom is -0.361 e. The van der Waals surface area contributed by atoms with Crippen molar-refractivity contribution >= 4 is 39.9 Å². The molecule has 4 aromatic rings. The highest BCUT2D eigenvalue weighted by Crippen LogP contribution is 2.33. The number of hydrogen-bond donors (Lipinski definition) is 2. The van der Waals surface area contributed by atoms with Crippen LogP contribution < -0.4 is 5.32 Å². The first kappa shape index (κ1) is 17.9. The molecular formula is C22H20N2OS2. The van der Waals surface area contributed by atoms with Gasteiger partial charge in [0.15, 0.2) is 0 Å². The Labute approximate surface area is 166 Å². The number of rotatable bonds is 6. The van der Waals surface area contributed by atoms with Gasteiger partial charge >= 0.3 is 0 Å². The third kappa shape index (κ3) is 3.66. The zero-order valence-electron chi connectivity index (χ0n) is 14.9. The summed E-state index contributed by atoms with van der Waals surface area (Å²) in [5, 5.41) is 6.44. The Hall–Kier alpha value is -2.50. The monoisotopic (exact) mass is 392 g/mol. The Morgan fingerprint density at radius 2 is 1.93 bits per heavy atom. The van der Waals surface area contributed by atoms with E-state index in [0.29, 0.717) is 6.54 Å². The first-order valence-electron chi connectivity index (χ1n) is 8.78. The molecule has 1 atom stereocenters. The molecule has 0 radical (unpaired) electrons. The number of fused-ring (bicyclic) bond motifs is 1. The molecule has 0 unspecified atom stereocenters. The van der Waals surface area contributed by atoms with Crippen LogP contribution in [0.1, 0.15) is 26.7 Å². The molecule has 2 aromatic carbocycles. The number of para-hydroxylation sites is 1. The molecule has 0 bridgehead atoms. The standard InChI is InChI=1S/C22H20N2OS2/c1-26-20-10-5-3-8-16(20)22(25)24-14-18(21-11-6-12-27-21)17-13-23-19-9-4-2-7-15(17)19/h2-13,18,23H,14H2,1H3,(H,24,25)/t18-/m0/s1. The highest BCUT2D eigenvalue weighted by atomic mass is 32.2. The topological polar surface area (TPSA) is 44.9 Å². The highest BCUT2D eigenvalue weighted by molar-refractivity contribution is 7.98. The van der Waals surface area contributed by atoms with Crippen molar-refractivity contribution in [3.05, 3.63) is 88.2 Å². The van der Waals surface area contributed by atoms with Gasteiger partial charge in [-0.2, -0.15) is 0 Å². The minimum atomic E-state index is -0.0265. The number of thiophene rings is 1. The quantitative estimate of drug-likeness (QED) is 0.425. The van der Waals surface area contributed by atoms with E-state index in [1.54, 1.807) is 23.1 Å². The van der Waals surface area contributed by atoms with Crippen LogP contribution in [0.4, 0.5) is 0 Å². The van der Waals surface area contributed by atoms with Crippen molar-refractivity contribution in [1.82, 2.24) is 10.3 Å². The summed E-state index contributed by atoms with van der Waals surface area (Å²) in [5.74, 6) is 0.0906. The van der Waals surface area contributed by atoms with Gasteiger partial charge in [0.05, 0.1) is 5.56 Å². The molecule has 0 saturated carbocycles. The smallest absolute Gasteiger partial charge is 0.252 e. The third-order valence-corrected chi connectivity index (χ3v) is 6.48. The van der Waals surface area contributed by atoms with Gasteiger partial charge in [0.25, 0.3) is 5.91 Å². The van der Waals surface area contributed by atoms with Gasteiger partial charge < -0.3 is 10.3 Å². The third-order valence-electron chi connectivity index (χ3n) is 4.70. The molecule has 136 valence electrons. The van der Waals surface area contributed by atoms with Gasteiger partial charge in [0.1, 0.15) is 0 Å². The van der Waals surface area contributed by atoms with Crippen LogP contribution in [0.25, 0.3) is 10.9 Å². The lowest BCUT2D eigenvalue weighted by atomic mass is 9.96. The number of nitrogens with one attached hydrogen (secondary N) is 2. The SMILES string of the molecule is CSc1ccccc1C(=O)NC[C@H](c1cccs1)c1c[nH]c2ccccc12. The lowest BCUT2D eigenvalue weighted by Crippen LogP contribution is -2.29. The first-order valence-corrected chi connectivity index (χ1v) is 10.9. The summed E-state index contributed by atoms with van der Waals surface area (Å²) in [5.41, 5.74) is 3.06. The molecule has 0 aliphatic rings. The second kappa shape index (κ2) is 8.03.